The number of fused-ring (bicyclic) bond motifs is 4. The number of alkyl carbamates (subject to hydrolysis) is 1. The fourth-order valence-electron chi connectivity index (χ4n) is 4.40. The number of hydrogen-bond acceptors (Lipinski definition) is 6. The Labute approximate surface area is 207 Å². The molecule has 0 aliphatic heterocycles. The van der Waals surface area contributed by atoms with Crippen molar-refractivity contribution in [2.24, 2.45) is 0 Å². The van der Waals surface area contributed by atoms with Crippen molar-refractivity contribution in [1.29, 1.82) is 0 Å². The van der Waals surface area contributed by atoms with Gasteiger partial charge in [0.25, 0.3) is 0 Å². The number of para-hydroxylation sites is 1. The molecule has 6 nitrogen and oxygen atoms in total. The van der Waals surface area contributed by atoms with Gasteiger partial charge in [-0.25, -0.2) is 14.6 Å². The number of ether oxygens (including phenoxy) is 2. The molecule has 5 rings (SSSR count). The van der Waals surface area contributed by atoms with Crippen molar-refractivity contribution in [3.05, 3.63) is 102 Å². The van der Waals surface area contributed by atoms with Crippen LogP contribution in [0.5, 0.6) is 0 Å². The summed E-state index contributed by atoms with van der Waals surface area (Å²) in [6, 6.07) is 23.1. The van der Waals surface area contributed by atoms with E-state index in [1.54, 1.807) is 0 Å². The van der Waals surface area contributed by atoms with E-state index in [0.29, 0.717) is 0 Å². The topological polar surface area (TPSA) is 77.5 Å². The number of thiazole rings is 1. The maximum atomic E-state index is 12.8. The van der Waals surface area contributed by atoms with Gasteiger partial charge in [-0.05, 0) is 34.4 Å². The number of aromatic nitrogens is 1. The second-order valence-electron chi connectivity index (χ2n) is 8.22. The highest BCUT2D eigenvalue weighted by molar-refractivity contribution is 7.18. The van der Waals surface area contributed by atoms with Crippen molar-refractivity contribution in [2.45, 2.75) is 18.4 Å². The van der Waals surface area contributed by atoms with Crippen LogP contribution in [0, 0.1) is 0 Å². The molecule has 3 aromatic carbocycles. The fourth-order valence-corrected chi connectivity index (χ4v) is 5.41. The lowest BCUT2D eigenvalue weighted by atomic mass is 9.98. The van der Waals surface area contributed by atoms with E-state index in [9.17, 15) is 9.59 Å². The third kappa shape index (κ3) is 4.81. The summed E-state index contributed by atoms with van der Waals surface area (Å²) in [4.78, 5) is 30.1. The van der Waals surface area contributed by atoms with E-state index >= 15 is 0 Å². The molecular formula is C28H24N2O4S. The van der Waals surface area contributed by atoms with Crippen LogP contribution in [0.3, 0.4) is 0 Å². The molecule has 4 aromatic rings. The fraction of sp³-hybridized carbons (Fsp3) is 0.179. The molecule has 0 saturated heterocycles. The van der Waals surface area contributed by atoms with Crippen LogP contribution in [-0.2, 0) is 20.7 Å². The van der Waals surface area contributed by atoms with Crippen LogP contribution in [-0.4, -0.2) is 36.3 Å². The Hall–Kier alpha value is -3.97. The normalized spacial score (nSPS) is 13.0. The average Bonchev–Trinajstić information content (AvgIpc) is 3.44. The minimum Gasteiger partial charge on any atom is -0.460 e. The number of nitrogens with one attached hydrogen (secondary N) is 1. The molecule has 7 heteroatoms. The molecule has 1 aliphatic carbocycles. The van der Waals surface area contributed by atoms with Crippen LogP contribution in [0.4, 0.5) is 4.79 Å². The van der Waals surface area contributed by atoms with Gasteiger partial charge in [0.05, 0.1) is 15.2 Å². The zero-order chi connectivity index (χ0) is 24.2. The van der Waals surface area contributed by atoms with Gasteiger partial charge in [-0.2, -0.15) is 0 Å². The van der Waals surface area contributed by atoms with Crippen molar-refractivity contribution < 1.29 is 19.1 Å². The number of esters is 1. The van der Waals surface area contributed by atoms with Crippen molar-refractivity contribution in [1.82, 2.24) is 10.3 Å². The Balaban J connectivity index is 1.29. The van der Waals surface area contributed by atoms with E-state index < -0.39 is 18.1 Å². The molecule has 0 radical (unpaired) electrons. The predicted molar refractivity (Wildman–Crippen MR) is 136 cm³/mol. The molecule has 1 N–H and O–H groups in total. The molecule has 1 aliphatic rings. The van der Waals surface area contributed by atoms with Gasteiger partial charge in [-0.1, -0.05) is 73.3 Å². The number of amides is 1. The molecule has 1 amide bonds. The molecule has 176 valence electrons. The van der Waals surface area contributed by atoms with Gasteiger partial charge in [-0.3, -0.25) is 0 Å². The maximum Gasteiger partial charge on any atom is 0.407 e. The Morgan fingerprint density at radius 3 is 2.31 bits per heavy atom. The smallest absolute Gasteiger partial charge is 0.407 e. The van der Waals surface area contributed by atoms with Crippen molar-refractivity contribution in [3.63, 3.8) is 0 Å². The molecule has 35 heavy (non-hydrogen) atoms. The number of hydrogen-bond donors (Lipinski definition) is 1. The minimum absolute atomic E-state index is 0.0571. The quantitative estimate of drug-likeness (QED) is 0.265. The first-order valence-electron chi connectivity index (χ1n) is 11.4. The number of carbonyl (C=O) groups excluding carboxylic acids is 2. The zero-order valence-electron chi connectivity index (χ0n) is 19.0. The molecule has 0 saturated carbocycles. The SMILES string of the molecule is C=CCOC(=O)[C@H](Cc1nc2ccccc2s1)NC(=O)OCC1c2ccccc2-c2ccccc21. The predicted octanol–water partition coefficient (Wildman–Crippen LogP) is 5.48. The lowest BCUT2D eigenvalue weighted by Gasteiger charge is -2.18. The summed E-state index contributed by atoms with van der Waals surface area (Å²) in [7, 11) is 0. The maximum absolute atomic E-state index is 12.8. The van der Waals surface area contributed by atoms with Crippen LogP contribution in [0.15, 0.2) is 85.5 Å². The van der Waals surface area contributed by atoms with E-state index in [1.165, 1.54) is 17.4 Å². The van der Waals surface area contributed by atoms with Crippen LogP contribution < -0.4 is 5.32 Å². The average molecular weight is 485 g/mol. The molecule has 1 atom stereocenters. The lowest BCUT2D eigenvalue weighted by molar-refractivity contribution is -0.144. The van der Waals surface area contributed by atoms with Crippen LogP contribution in [0.1, 0.15) is 22.1 Å². The molecule has 0 fully saturated rings. The molecule has 0 unspecified atom stereocenters. The van der Waals surface area contributed by atoms with Gasteiger partial charge in [-0.15, -0.1) is 11.3 Å². The number of carbonyl (C=O) groups is 2. The van der Waals surface area contributed by atoms with Gasteiger partial charge in [0.1, 0.15) is 19.3 Å². The summed E-state index contributed by atoms with van der Waals surface area (Å²) >= 11 is 1.48. The second-order valence-corrected chi connectivity index (χ2v) is 9.34. The van der Waals surface area contributed by atoms with E-state index in [4.69, 9.17) is 9.47 Å². The van der Waals surface area contributed by atoms with Crippen LogP contribution >= 0.6 is 11.3 Å². The Bertz CT molecular complexity index is 1320. The van der Waals surface area contributed by atoms with Gasteiger partial charge in [0, 0.05) is 12.3 Å². The molecule has 1 heterocycles. The van der Waals surface area contributed by atoms with Crippen molar-refractivity contribution in [3.8, 4) is 11.1 Å². The minimum atomic E-state index is -0.925. The van der Waals surface area contributed by atoms with E-state index in [1.807, 2.05) is 48.5 Å². The highest BCUT2D eigenvalue weighted by atomic mass is 32.1. The highest BCUT2D eigenvalue weighted by Crippen LogP contribution is 2.44. The first kappa shape index (κ1) is 22.8. The van der Waals surface area contributed by atoms with Crippen LogP contribution in [0.25, 0.3) is 21.3 Å². The molecule has 0 bridgehead atoms. The van der Waals surface area contributed by atoms with Gasteiger partial charge >= 0.3 is 12.1 Å². The van der Waals surface area contributed by atoms with Gasteiger partial charge < -0.3 is 14.8 Å². The second kappa shape index (κ2) is 10.1. The summed E-state index contributed by atoms with van der Waals surface area (Å²) in [6.07, 6.45) is 1.02. The lowest BCUT2D eigenvalue weighted by Crippen LogP contribution is -2.44. The monoisotopic (exact) mass is 484 g/mol. The highest BCUT2D eigenvalue weighted by Gasteiger charge is 2.30. The third-order valence-corrected chi connectivity index (χ3v) is 7.04. The van der Waals surface area contributed by atoms with Gasteiger partial charge in [0.2, 0.25) is 0 Å². The summed E-state index contributed by atoms with van der Waals surface area (Å²) < 4.78 is 11.9. The van der Waals surface area contributed by atoms with E-state index in [0.717, 1.165) is 37.5 Å². The van der Waals surface area contributed by atoms with Crippen LogP contribution in [0.2, 0.25) is 0 Å². The summed E-state index contributed by atoms with van der Waals surface area (Å²) in [6.45, 7) is 3.80. The van der Waals surface area contributed by atoms with E-state index in [2.05, 4.69) is 41.1 Å². The number of nitrogens with zero attached hydrogens (tertiary/aromatic N) is 1. The summed E-state index contributed by atoms with van der Waals surface area (Å²) in [5, 5.41) is 3.41. The van der Waals surface area contributed by atoms with Crippen molar-refractivity contribution >= 4 is 33.6 Å². The molecule has 0 spiro atoms. The summed E-state index contributed by atoms with van der Waals surface area (Å²) in [5.74, 6) is -0.624. The van der Waals surface area contributed by atoms with Crippen molar-refractivity contribution in [2.75, 3.05) is 13.2 Å². The third-order valence-electron chi connectivity index (χ3n) is 5.98. The van der Waals surface area contributed by atoms with Gasteiger partial charge in [0.15, 0.2) is 0 Å². The number of rotatable bonds is 8. The molecule has 1 aromatic heterocycles. The zero-order valence-corrected chi connectivity index (χ0v) is 19.8. The first-order valence-corrected chi connectivity index (χ1v) is 12.2. The largest absolute Gasteiger partial charge is 0.460 e. The van der Waals surface area contributed by atoms with E-state index in [-0.39, 0.29) is 25.6 Å². The Kier molecular flexibility index (Phi) is 6.59. The standard InChI is InChI=1S/C28H24N2O4S/c1-2-15-33-27(31)24(16-26-29-23-13-7-8-14-25(23)35-26)30-28(32)34-17-22-20-11-5-3-9-18(20)19-10-4-6-12-21(19)22/h2-14,22,24H,1,15-17H2,(H,30,32)/t24-/m0/s1. The summed E-state index contributed by atoms with van der Waals surface area (Å²) in [5.41, 5.74) is 5.40. The Morgan fingerprint density at radius 1 is 0.971 bits per heavy atom. The first-order chi connectivity index (χ1) is 17.1. The number of benzene rings is 3. The molecular weight excluding hydrogens is 460 g/mol. The Morgan fingerprint density at radius 2 is 1.63 bits per heavy atom.